The lowest BCUT2D eigenvalue weighted by Gasteiger charge is -2.36. The molecule has 13 heavy (non-hydrogen) atoms. The SMILES string of the molecule is CCC1CC(C)CC(C(C)CC)C1. The molecule has 0 aromatic heterocycles. The topological polar surface area (TPSA) is 0 Å². The molecule has 0 heteroatoms. The van der Waals surface area contributed by atoms with Crippen molar-refractivity contribution in [2.45, 2.75) is 59.8 Å². The highest BCUT2D eigenvalue weighted by atomic mass is 14.3. The summed E-state index contributed by atoms with van der Waals surface area (Å²) in [5.41, 5.74) is 0. The van der Waals surface area contributed by atoms with Crippen LogP contribution < -0.4 is 0 Å². The molecule has 0 aromatic rings. The van der Waals surface area contributed by atoms with Gasteiger partial charge in [0.15, 0.2) is 0 Å². The molecule has 1 saturated carbocycles. The minimum Gasteiger partial charge on any atom is -0.0651 e. The van der Waals surface area contributed by atoms with Crippen LogP contribution in [0.4, 0.5) is 0 Å². The van der Waals surface area contributed by atoms with E-state index in [1.807, 2.05) is 0 Å². The Morgan fingerprint density at radius 1 is 1.15 bits per heavy atom. The van der Waals surface area contributed by atoms with Gasteiger partial charge in [-0.3, -0.25) is 0 Å². The minimum atomic E-state index is 0.955. The maximum atomic E-state index is 2.44. The average Bonchev–Trinajstić information content (AvgIpc) is 2.15. The van der Waals surface area contributed by atoms with Crippen molar-refractivity contribution in [1.82, 2.24) is 0 Å². The van der Waals surface area contributed by atoms with Crippen LogP contribution in [0.5, 0.6) is 0 Å². The third-order valence-electron chi connectivity index (χ3n) is 4.10. The summed E-state index contributed by atoms with van der Waals surface area (Å²) in [4.78, 5) is 0. The van der Waals surface area contributed by atoms with Gasteiger partial charge in [0, 0.05) is 0 Å². The van der Waals surface area contributed by atoms with E-state index in [9.17, 15) is 0 Å². The molecule has 1 aliphatic carbocycles. The van der Waals surface area contributed by atoms with Crippen LogP contribution >= 0.6 is 0 Å². The smallest absolute Gasteiger partial charge is 0.0383 e. The van der Waals surface area contributed by atoms with E-state index in [2.05, 4.69) is 27.7 Å². The standard InChI is InChI=1S/C13H26/c1-5-11(4)13-8-10(3)7-12(6-2)9-13/h10-13H,5-9H2,1-4H3. The van der Waals surface area contributed by atoms with E-state index >= 15 is 0 Å². The Morgan fingerprint density at radius 3 is 2.38 bits per heavy atom. The minimum absolute atomic E-state index is 0.955. The fraction of sp³-hybridized carbons (Fsp3) is 1.00. The van der Waals surface area contributed by atoms with E-state index in [4.69, 9.17) is 0 Å². The molecule has 4 atom stereocenters. The van der Waals surface area contributed by atoms with Crippen LogP contribution in [-0.2, 0) is 0 Å². The molecule has 0 aliphatic heterocycles. The Kier molecular flexibility index (Phi) is 4.28. The van der Waals surface area contributed by atoms with Gasteiger partial charge in [-0.2, -0.15) is 0 Å². The van der Waals surface area contributed by atoms with Gasteiger partial charge < -0.3 is 0 Å². The normalized spacial score (nSPS) is 37.4. The van der Waals surface area contributed by atoms with Gasteiger partial charge >= 0.3 is 0 Å². The first-order valence-electron chi connectivity index (χ1n) is 6.17. The zero-order chi connectivity index (χ0) is 9.84. The summed E-state index contributed by atoms with van der Waals surface area (Å²) >= 11 is 0. The van der Waals surface area contributed by atoms with E-state index in [1.165, 1.54) is 32.1 Å². The molecule has 1 aliphatic rings. The molecule has 0 amide bonds. The van der Waals surface area contributed by atoms with Gasteiger partial charge in [0.05, 0.1) is 0 Å². The molecule has 0 saturated heterocycles. The van der Waals surface area contributed by atoms with Gasteiger partial charge in [0.25, 0.3) is 0 Å². The molecule has 1 rings (SSSR count). The summed E-state index contributed by atoms with van der Waals surface area (Å²) in [7, 11) is 0. The molecule has 0 heterocycles. The Morgan fingerprint density at radius 2 is 1.85 bits per heavy atom. The Hall–Kier alpha value is 0. The highest BCUT2D eigenvalue weighted by Gasteiger charge is 2.27. The first-order valence-corrected chi connectivity index (χ1v) is 6.17. The van der Waals surface area contributed by atoms with Crippen LogP contribution in [0.15, 0.2) is 0 Å². The molecule has 0 radical (unpaired) electrons. The zero-order valence-corrected chi connectivity index (χ0v) is 9.84. The second-order valence-electron chi connectivity index (χ2n) is 5.23. The van der Waals surface area contributed by atoms with E-state index in [-0.39, 0.29) is 0 Å². The van der Waals surface area contributed by atoms with E-state index in [0.717, 1.165) is 23.7 Å². The highest BCUT2D eigenvalue weighted by molar-refractivity contribution is 4.78. The lowest BCUT2D eigenvalue weighted by Crippen LogP contribution is -2.25. The number of hydrogen-bond donors (Lipinski definition) is 0. The monoisotopic (exact) mass is 182 g/mol. The Bertz CT molecular complexity index is 139. The summed E-state index contributed by atoms with van der Waals surface area (Å²) in [5.74, 6) is 4.00. The first-order chi connectivity index (χ1) is 6.17. The molecule has 0 nitrogen and oxygen atoms in total. The van der Waals surface area contributed by atoms with Crippen molar-refractivity contribution in [1.29, 1.82) is 0 Å². The van der Waals surface area contributed by atoms with E-state index in [1.54, 1.807) is 0 Å². The molecular formula is C13H26. The summed E-state index contributed by atoms with van der Waals surface area (Å²) < 4.78 is 0. The van der Waals surface area contributed by atoms with Gasteiger partial charge in [-0.05, 0) is 42.9 Å². The van der Waals surface area contributed by atoms with Crippen molar-refractivity contribution in [3.63, 3.8) is 0 Å². The second kappa shape index (κ2) is 5.02. The van der Waals surface area contributed by atoms with Crippen molar-refractivity contribution in [3.05, 3.63) is 0 Å². The molecule has 1 fully saturated rings. The van der Waals surface area contributed by atoms with Crippen molar-refractivity contribution in [3.8, 4) is 0 Å². The molecular weight excluding hydrogens is 156 g/mol. The molecule has 0 spiro atoms. The molecule has 0 N–H and O–H groups in total. The van der Waals surface area contributed by atoms with Crippen LogP contribution in [0.25, 0.3) is 0 Å². The lowest BCUT2D eigenvalue weighted by atomic mass is 9.70. The summed E-state index contributed by atoms with van der Waals surface area (Å²) in [6.07, 6.45) is 7.26. The summed E-state index contributed by atoms with van der Waals surface area (Å²) in [6, 6.07) is 0. The van der Waals surface area contributed by atoms with E-state index in [0.29, 0.717) is 0 Å². The summed E-state index contributed by atoms with van der Waals surface area (Å²) in [6.45, 7) is 9.58. The molecule has 4 unspecified atom stereocenters. The zero-order valence-electron chi connectivity index (χ0n) is 9.84. The third kappa shape index (κ3) is 3.00. The predicted molar refractivity (Wildman–Crippen MR) is 59.7 cm³/mol. The van der Waals surface area contributed by atoms with Crippen molar-refractivity contribution >= 4 is 0 Å². The van der Waals surface area contributed by atoms with E-state index < -0.39 is 0 Å². The van der Waals surface area contributed by atoms with Crippen LogP contribution in [0, 0.1) is 23.7 Å². The van der Waals surface area contributed by atoms with Gasteiger partial charge in [-0.1, -0.05) is 40.5 Å². The quantitative estimate of drug-likeness (QED) is 0.603. The van der Waals surface area contributed by atoms with Crippen molar-refractivity contribution in [2.75, 3.05) is 0 Å². The second-order valence-corrected chi connectivity index (χ2v) is 5.23. The number of hydrogen-bond acceptors (Lipinski definition) is 0. The number of rotatable bonds is 3. The van der Waals surface area contributed by atoms with Gasteiger partial charge in [0.1, 0.15) is 0 Å². The Balaban J connectivity index is 2.46. The largest absolute Gasteiger partial charge is 0.0651 e. The van der Waals surface area contributed by atoms with Gasteiger partial charge in [-0.15, -0.1) is 0 Å². The molecule has 0 bridgehead atoms. The van der Waals surface area contributed by atoms with Crippen molar-refractivity contribution in [2.24, 2.45) is 23.7 Å². The van der Waals surface area contributed by atoms with Crippen molar-refractivity contribution < 1.29 is 0 Å². The average molecular weight is 182 g/mol. The van der Waals surface area contributed by atoms with Crippen LogP contribution in [0.3, 0.4) is 0 Å². The van der Waals surface area contributed by atoms with Crippen LogP contribution in [0.1, 0.15) is 59.8 Å². The molecule has 78 valence electrons. The van der Waals surface area contributed by atoms with Gasteiger partial charge in [0.2, 0.25) is 0 Å². The maximum Gasteiger partial charge on any atom is -0.0383 e. The lowest BCUT2D eigenvalue weighted by molar-refractivity contribution is 0.153. The fourth-order valence-electron chi connectivity index (χ4n) is 2.93. The molecule has 0 aromatic carbocycles. The highest BCUT2D eigenvalue weighted by Crippen LogP contribution is 2.39. The van der Waals surface area contributed by atoms with Crippen LogP contribution in [-0.4, -0.2) is 0 Å². The first kappa shape index (κ1) is 11.1. The van der Waals surface area contributed by atoms with Gasteiger partial charge in [-0.25, -0.2) is 0 Å². The Labute approximate surface area is 84.1 Å². The predicted octanol–water partition coefficient (Wildman–Crippen LogP) is 4.49. The third-order valence-corrected chi connectivity index (χ3v) is 4.10. The van der Waals surface area contributed by atoms with Crippen LogP contribution in [0.2, 0.25) is 0 Å². The maximum absolute atomic E-state index is 2.44. The fourth-order valence-corrected chi connectivity index (χ4v) is 2.93. The summed E-state index contributed by atoms with van der Waals surface area (Å²) in [5, 5.41) is 0.